The van der Waals surface area contributed by atoms with Crippen LogP contribution in [0.1, 0.15) is 27.4 Å². The molecule has 1 amide bonds. The van der Waals surface area contributed by atoms with Crippen molar-refractivity contribution in [2.24, 2.45) is 0 Å². The van der Waals surface area contributed by atoms with Gasteiger partial charge in [-0.05, 0) is 46.6 Å². The van der Waals surface area contributed by atoms with Gasteiger partial charge in [0.2, 0.25) is 0 Å². The zero-order valence-corrected chi connectivity index (χ0v) is 18.3. The molecule has 0 aliphatic carbocycles. The fraction of sp³-hybridized carbons (Fsp3) is 0.200. The highest BCUT2D eigenvalue weighted by atomic mass is 79.9. The molecule has 7 nitrogen and oxygen atoms in total. The Bertz CT molecular complexity index is 1350. The van der Waals surface area contributed by atoms with Gasteiger partial charge in [0.15, 0.2) is 11.3 Å². The lowest BCUT2D eigenvalue weighted by molar-refractivity contribution is -0.291. The lowest BCUT2D eigenvalue weighted by atomic mass is 10.2. The predicted octanol–water partition coefficient (Wildman–Crippen LogP) is 4.95. The zero-order valence-electron chi connectivity index (χ0n) is 16.7. The van der Waals surface area contributed by atoms with Gasteiger partial charge in [0, 0.05) is 23.6 Å². The van der Waals surface area contributed by atoms with Crippen LogP contribution in [-0.4, -0.2) is 36.5 Å². The Labute approximate surface area is 191 Å². The summed E-state index contributed by atoms with van der Waals surface area (Å²) in [6, 6.07) is 8.42. The van der Waals surface area contributed by atoms with E-state index in [1.54, 1.807) is 35.3 Å². The van der Waals surface area contributed by atoms with Crippen molar-refractivity contribution >= 4 is 33.2 Å². The van der Waals surface area contributed by atoms with E-state index < -0.39 is 23.7 Å². The summed E-state index contributed by atoms with van der Waals surface area (Å²) in [6.45, 7) is 1.69. The van der Waals surface area contributed by atoms with Crippen LogP contribution < -0.4 is 5.32 Å². The third kappa shape index (κ3) is 4.58. The first-order valence-corrected chi connectivity index (χ1v) is 10.1. The molecular weight excluding hydrogens is 515 g/mol. The number of hydrogen-bond donors (Lipinski definition) is 1. The van der Waals surface area contributed by atoms with E-state index in [9.17, 15) is 26.7 Å². The van der Waals surface area contributed by atoms with E-state index in [1.165, 1.54) is 6.92 Å². The molecule has 0 saturated carbocycles. The maximum atomic E-state index is 14.0. The summed E-state index contributed by atoms with van der Waals surface area (Å²) >= 11 is 3.30. The second kappa shape index (κ2) is 8.21. The molecule has 0 radical (unpaired) electrons. The number of nitrogens with one attached hydrogen (secondary N) is 1. The second-order valence-corrected chi connectivity index (χ2v) is 8.08. The maximum absolute atomic E-state index is 14.0. The topological polar surface area (TPSA) is 77.1 Å². The molecule has 0 saturated heterocycles. The number of fused-ring (bicyclic) bond motifs is 1. The molecule has 0 bridgehead atoms. The first kappa shape index (κ1) is 22.8. The molecule has 3 heterocycles. The van der Waals surface area contributed by atoms with Crippen LogP contribution in [0.5, 0.6) is 0 Å². The van der Waals surface area contributed by atoms with Gasteiger partial charge in [-0.1, -0.05) is 12.1 Å². The van der Waals surface area contributed by atoms with Gasteiger partial charge >= 0.3 is 12.1 Å². The zero-order chi connectivity index (χ0) is 24.0. The molecule has 0 aliphatic rings. The Morgan fingerprint density at radius 2 is 1.91 bits per heavy atom. The molecule has 13 heteroatoms. The molecule has 172 valence electrons. The number of alkyl halides is 5. The number of nitrogens with zero attached hydrogens (tertiary/aromatic N) is 5. The summed E-state index contributed by atoms with van der Waals surface area (Å²) in [6.07, 6.45) is -2.45. The third-order valence-electron chi connectivity index (χ3n) is 4.60. The van der Waals surface area contributed by atoms with Gasteiger partial charge in [-0.25, -0.2) is 9.50 Å². The summed E-state index contributed by atoms with van der Waals surface area (Å²) < 4.78 is 69.7. The van der Waals surface area contributed by atoms with Crippen LogP contribution in [0.25, 0.3) is 5.65 Å². The lowest BCUT2D eigenvalue weighted by Gasteiger charge is -2.20. The minimum absolute atomic E-state index is 0.0776. The van der Waals surface area contributed by atoms with Crippen molar-refractivity contribution in [3.05, 3.63) is 75.9 Å². The summed E-state index contributed by atoms with van der Waals surface area (Å²) in [5.41, 5.74) is -0.991. The minimum atomic E-state index is -5.84. The van der Waals surface area contributed by atoms with Crippen LogP contribution in [0.3, 0.4) is 0 Å². The Kier molecular flexibility index (Phi) is 5.68. The van der Waals surface area contributed by atoms with Crippen molar-refractivity contribution in [3.8, 4) is 0 Å². The summed E-state index contributed by atoms with van der Waals surface area (Å²) in [5, 5.41) is 10.4. The highest BCUT2D eigenvalue weighted by Crippen LogP contribution is 2.43. The summed E-state index contributed by atoms with van der Waals surface area (Å²) in [4.78, 5) is 16.6. The first-order chi connectivity index (χ1) is 15.4. The van der Waals surface area contributed by atoms with Crippen molar-refractivity contribution in [1.29, 1.82) is 0 Å². The smallest absolute Gasteiger partial charge is 0.321 e. The number of amides is 1. The number of anilines is 1. The van der Waals surface area contributed by atoms with Gasteiger partial charge in [-0.2, -0.15) is 32.1 Å². The Morgan fingerprint density at radius 3 is 2.58 bits per heavy atom. The van der Waals surface area contributed by atoms with Crippen molar-refractivity contribution in [2.75, 3.05) is 5.32 Å². The molecule has 0 spiro atoms. The monoisotopic (exact) mass is 528 g/mol. The summed E-state index contributed by atoms with van der Waals surface area (Å²) in [5.74, 6) is -5.98. The Balaban J connectivity index is 1.62. The molecule has 1 N–H and O–H groups in total. The van der Waals surface area contributed by atoms with Crippen LogP contribution in [0.15, 0.2) is 53.3 Å². The molecular formula is C20H14BrF5N6O. The molecule has 0 fully saturated rings. The fourth-order valence-electron chi connectivity index (χ4n) is 3.13. The SMILES string of the molecule is Cc1cc(C(F)(F)C(F)(F)F)n2nc(C(=O)Nc3cccc(Cn4cc(Br)cn4)c3)cc2n1. The van der Waals surface area contributed by atoms with Gasteiger partial charge < -0.3 is 5.32 Å². The van der Waals surface area contributed by atoms with E-state index >= 15 is 0 Å². The number of rotatable bonds is 5. The van der Waals surface area contributed by atoms with Gasteiger partial charge in [0.25, 0.3) is 5.91 Å². The van der Waals surface area contributed by atoms with E-state index in [0.717, 1.165) is 16.1 Å². The number of aromatic nitrogens is 5. The standard InChI is InChI=1S/C20H14BrF5N6O/c1-11-5-16(19(22,23)20(24,25)26)32-17(28-11)7-15(30-32)18(33)29-14-4-2-3-12(6-14)9-31-10-13(21)8-27-31/h2-8,10H,9H2,1H3,(H,29,33). The maximum Gasteiger partial charge on any atom is 0.459 e. The number of carbonyl (C=O) groups excluding carboxylic acids is 1. The van der Waals surface area contributed by atoms with Crippen molar-refractivity contribution in [1.82, 2.24) is 24.4 Å². The van der Waals surface area contributed by atoms with Gasteiger partial charge in [0.1, 0.15) is 5.69 Å². The van der Waals surface area contributed by atoms with E-state index in [4.69, 9.17) is 0 Å². The predicted molar refractivity (Wildman–Crippen MR) is 111 cm³/mol. The van der Waals surface area contributed by atoms with E-state index in [-0.39, 0.29) is 17.0 Å². The van der Waals surface area contributed by atoms with E-state index in [2.05, 4.69) is 36.4 Å². The molecule has 4 rings (SSSR count). The Morgan fingerprint density at radius 1 is 1.15 bits per heavy atom. The number of hydrogen-bond acceptors (Lipinski definition) is 4. The Hall–Kier alpha value is -3.35. The largest absolute Gasteiger partial charge is 0.459 e. The number of aryl methyl sites for hydroxylation is 1. The highest BCUT2D eigenvalue weighted by molar-refractivity contribution is 9.10. The molecule has 0 unspecified atom stereocenters. The molecule has 0 aliphatic heterocycles. The lowest BCUT2D eigenvalue weighted by Crippen LogP contribution is -2.36. The van der Waals surface area contributed by atoms with E-state index in [0.29, 0.717) is 22.8 Å². The molecule has 4 aromatic rings. The van der Waals surface area contributed by atoms with Gasteiger partial charge in [-0.3, -0.25) is 9.48 Å². The second-order valence-electron chi connectivity index (χ2n) is 7.17. The average Bonchev–Trinajstić information content (AvgIpc) is 3.32. The molecule has 3 aromatic heterocycles. The number of benzene rings is 1. The quantitative estimate of drug-likeness (QED) is 0.372. The van der Waals surface area contributed by atoms with E-state index in [1.807, 2.05) is 6.07 Å². The first-order valence-electron chi connectivity index (χ1n) is 9.35. The van der Waals surface area contributed by atoms with Crippen LogP contribution in [0.2, 0.25) is 0 Å². The molecule has 1 aromatic carbocycles. The number of carbonyl (C=O) groups is 1. The van der Waals surface area contributed by atoms with Crippen molar-refractivity contribution in [3.63, 3.8) is 0 Å². The van der Waals surface area contributed by atoms with Gasteiger partial charge in [-0.15, -0.1) is 0 Å². The van der Waals surface area contributed by atoms with Crippen molar-refractivity contribution in [2.45, 2.75) is 25.6 Å². The van der Waals surface area contributed by atoms with Crippen molar-refractivity contribution < 1.29 is 26.7 Å². The van der Waals surface area contributed by atoms with Crippen LogP contribution in [0, 0.1) is 6.92 Å². The molecule has 0 atom stereocenters. The highest BCUT2D eigenvalue weighted by Gasteiger charge is 2.60. The average molecular weight is 529 g/mol. The molecule has 33 heavy (non-hydrogen) atoms. The van der Waals surface area contributed by atoms with Crippen LogP contribution in [0.4, 0.5) is 27.6 Å². The van der Waals surface area contributed by atoms with Crippen LogP contribution in [-0.2, 0) is 12.5 Å². The minimum Gasteiger partial charge on any atom is -0.321 e. The van der Waals surface area contributed by atoms with Crippen LogP contribution >= 0.6 is 15.9 Å². The third-order valence-corrected chi connectivity index (χ3v) is 5.01. The number of halogens is 6. The summed E-state index contributed by atoms with van der Waals surface area (Å²) in [7, 11) is 0. The fourth-order valence-corrected chi connectivity index (χ4v) is 3.46. The normalized spacial score (nSPS) is 12.3. The van der Waals surface area contributed by atoms with Gasteiger partial charge in [0.05, 0.1) is 17.2 Å².